The summed E-state index contributed by atoms with van der Waals surface area (Å²) in [6, 6.07) is 0. The van der Waals surface area contributed by atoms with Gasteiger partial charge in [-0.3, -0.25) is 10.1 Å². The number of rotatable bonds is 3. The topological polar surface area (TPSA) is 59.3 Å². The molecule has 2 rings (SSSR count). The molecule has 0 spiro atoms. The van der Waals surface area contributed by atoms with Crippen LogP contribution in [0.2, 0.25) is 0 Å². The van der Waals surface area contributed by atoms with Gasteiger partial charge in [-0.1, -0.05) is 11.3 Å². The summed E-state index contributed by atoms with van der Waals surface area (Å²) in [5.41, 5.74) is 1.04. The van der Waals surface area contributed by atoms with Gasteiger partial charge in [0.1, 0.15) is 0 Å². The van der Waals surface area contributed by atoms with Gasteiger partial charge in [0, 0.05) is 26.1 Å². The van der Waals surface area contributed by atoms with Gasteiger partial charge in [-0.2, -0.15) is 0 Å². The Balaban J connectivity index is 2.21. The lowest BCUT2D eigenvalue weighted by atomic mass is 10.1. The van der Waals surface area contributed by atoms with Crippen LogP contribution in [0.15, 0.2) is 5.70 Å². The zero-order valence-corrected chi connectivity index (χ0v) is 11.5. The summed E-state index contributed by atoms with van der Waals surface area (Å²) in [4.78, 5) is 18.0. The second kappa shape index (κ2) is 5.48. The Bertz CT molecular complexity index is 476. The second-order valence-electron chi connectivity index (χ2n) is 4.54. The highest BCUT2D eigenvalue weighted by atomic mass is 32.1. The Morgan fingerprint density at radius 1 is 1.44 bits per heavy atom. The maximum atomic E-state index is 10.6. The molecular formula is C12H17N3O2S. The highest BCUT2D eigenvalue weighted by Crippen LogP contribution is 2.29. The number of piperidine rings is 1. The van der Waals surface area contributed by atoms with E-state index >= 15 is 0 Å². The number of nitro groups is 1. The lowest BCUT2D eigenvalue weighted by molar-refractivity contribution is -0.422. The smallest absolute Gasteiger partial charge is 0.244 e. The number of hydrogen-bond donors (Lipinski definition) is 0. The van der Waals surface area contributed by atoms with Crippen LogP contribution in [0.3, 0.4) is 0 Å². The number of aryl methyl sites for hydroxylation is 1. The van der Waals surface area contributed by atoms with Gasteiger partial charge in [-0.05, 0) is 26.2 Å². The minimum absolute atomic E-state index is 0.159. The number of thiazole rings is 1. The summed E-state index contributed by atoms with van der Waals surface area (Å²) in [6.07, 6.45) is 5.31. The number of hydrogen-bond acceptors (Lipinski definition) is 5. The van der Waals surface area contributed by atoms with Crippen LogP contribution in [0.4, 0.5) is 5.13 Å². The van der Waals surface area contributed by atoms with Crippen molar-refractivity contribution in [1.29, 1.82) is 0 Å². The largest absolute Gasteiger partial charge is 0.348 e. The third-order valence-corrected chi connectivity index (χ3v) is 4.24. The van der Waals surface area contributed by atoms with E-state index in [0.717, 1.165) is 28.8 Å². The third kappa shape index (κ3) is 2.87. The van der Waals surface area contributed by atoms with Gasteiger partial charge >= 0.3 is 0 Å². The van der Waals surface area contributed by atoms with Crippen molar-refractivity contribution >= 4 is 22.5 Å². The van der Waals surface area contributed by atoms with E-state index in [9.17, 15) is 10.1 Å². The number of anilines is 1. The van der Waals surface area contributed by atoms with Crippen LogP contribution in [0, 0.1) is 17.0 Å². The Labute approximate surface area is 110 Å². The van der Waals surface area contributed by atoms with Crippen LogP contribution in [-0.2, 0) is 0 Å². The average Bonchev–Trinajstić information content (AvgIpc) is 2.72. The van der Waals surface area contributed by atoms with Gasteiger partial charge in [0.25, 0.3) is 0 Å². The first-order chi connectivity index (χ1) is 8.58. The van der Waals surface area contributed by atoms with Crippen molar-refractivity contribution in [3.8, 4) is 0 Å². The van der Waals surface area contributed by atoms with Gasteiger partial charge in [0.2, 0.25) is 5.70 Å². The highest BCUT2D eigenvalue weighted by molar-refractivity contribution is 7.16. The van der Waals surface area contributed by atoms with E-state index in [1.807, 2.05) is 6.92 Å². The summed E-state index contributed by atoms with van der Waals surface area (Å²) in [5, 5.41) is 11.6. The third-order valence-electron chi connectivity index (χ3n) is 3.08. The molecule has 0 amide bonds. The second-order valence-corrected chi connectivity index (χ2v) is 5.55. The highest BCUT2D eigenvalue weighted by Gasteiger charge is 2.16. The van der Waals surface area contributed by atoms with E-state index in [2.05, 4.69) is 9.88 Å². The lowest BCUT2D eigenvalue weighted by Gasteiger charge is -2.25. The van der Waals surface area contributed by atoms with Gasteiger partial charge in [-0.15, -0.1) is 0 Å². The summed E-state index contributed by atoms with van der Waals surface area (Å²) >= 11 is 1.55. The van der Waals surface area contributed by atoms with E-state index in [4.69, 9.17) is 0 Å². The Morgan fingerprint density at radius 3 is 2.72 bits per heavy atom. The minimum atomic E-state index is -0.361. The quantitative estimate of drug-likeness (QED) is 0.623. The van der Waals surface area contributed by atoms with Gasteiger partial charge in [0.15, 0.2) is 5.13 Å². The standard InChI is InChI=1S/C12H17N3O2S/c1-9(15(16)17)8-11-10(2)13-12(18-11)14-6-4-3-5-7-14/h8H,3-7H2,1-2H3. The molecular weight excluding hydrogens is 250 g/mol. The van der Waals surface area contributed by atoms with Gasteiger partial charge in [-0.25, -0.2) is 4.98 Å². The van der Waals surface area contributed by atoms with Crippen LogP contribution < -0.4 is 4.90 Å². The van der Waals surface area contributed by atoms with Crippen molar-refractivity contribution in [2.45, 2.75) is 33.1 Å². The molecule has 1 saturated heterocycles. The van der Waals surface area contributed by atoms with E-state index in [1.54, 1.807) is 17.4 Å². The summed E-state index contributed by atoms with van der Waals surface area (Å²) in [6.45, 7) is 5.51. The fourth-order valence-electron chi connectivity index (χ4n) is 1.99. The molecule has 1 aromatic rings. The van der Waals surface area contributed by atoms with Crippen LogP contribution >= 0.6 is 11.3 Å². The van der Waals surface area contributed by atoms with Crippen molar-refractivity contribution in [3.63, 3.8) is 0 Å². The van der Waals surface area contributed by atoms with Crippen LogP contribution in [-0.4, -0.2) is 23.0 Å². The summed E-state index contributed by atoms with van der Waals surface area (Å²) in [7, 11) is 0. The zero-order valence-electron chi connectivity index (χ0n) is 10.7. The van der Waals surface area contributed by atoms with E-state index in [-0.39, 0.29) is 10.6 Å². The fraction of sp³-hybridized carbons (Fsp3) is 0.583. The van der Waals surface area contributed by atoms with Crippen molar-refractivity contribution in [1.82, 2.24) is 4.98 Å². The molecule has 2 heterocycles. The molecule has 0 aliphatic carbocycles. The fourth-order valence-corrected chi connectivity index (χ4v) is 3.10. The van der Waals surface area contributed by atoms with E-state index in [1.165, 1.54) is 26.2 Å². The monoisotopic (exact) mass is 267 g/mol. The zero-order chi connectivity index (χ0) is 13.1. The van der Waals surface area contributed by atoms with Crippen molar-refractivity contribution in [2.24, 2.45) is 0 Å². The normalized spacial score (nSPS) is 17.0. The SMILES string of the molecule is CC(=Cc1sc(N2CCCCC2)nc1C)[N+](=O)[O-]. The summed E-state index contributed by atoms with van der Waals surface area (Å²) < 4.78 is 0. The predicted octanol–water partition coefficient (Wildman–Crippen LogP) is 3.08. The molecule has 0 atom stereocenters. The number of aromatic nitrogens is 1. The van der Waals surface area contributed by atoms with E-state index in [0.29, 0.717) is 0 Å². The molecule has 0 unspecified atom stereocenters. The molecule has 0 aromatic carbocycles. The average molecular weight is 267 g/mol. The molecule has 5 nitrogen and oxygen atoms in total. The Hall–Kier alpha value is -1.43. The van der Waals surface area contributed by atoms with E-state index < -0.39 is 0 Å². The molecule has 0 saturated carbocycles. The minimum Gasteiger partial charge on any atom is -0.348 e. The molecule has 0 bridgehead atoms. The number of nitrogens with zero attached hydrogens (tertiary/aromatic N) is 3. The van der Waals surface area contributed by atoms with Gasteiger partial charge < -0.3 is 4.90 Å². The van der Waals surface area contributed by atoms with Crippen molar-refractivity contribution in [2.75, 3.05) is 18.0 Å². The first-order valence-corrected chi connectivity index (χ1v) is 6.94. The van der Waals surface area contributed by atoms with Crippen molar-refractivity contribution < 1.29 is 4.92 Å². The molecule has 0 N–H and O–H groups in total. The first kappa shape index (κ1) is 13.0. The molecule has 1 fully saturated rings. The maximum absolute atomic E-state index is 10.6. The van der Waals surface area contributed by atoms with Crippen molar-refractivity contribution in [3.05, 3.63) is 26.4 Å². The van der Waals surface area contributed by atoms with Crippen LogP contribution in [0.5, 0.6) is 0 Å². The summed E-state index contributed by atoms with van der Waals surface area (Å²) in [5.74, 6) is 0. The molecule has 1 aliphatic rings. The first-order valence-electron chi connectivity index (χ1n) is 6.13. The maximum Gasteiger partial charge on any atom is 0.244 e. The van der Waals surface area contributed by atoms with Crippen LogP contribution in [0.25, 0.3) is 6.08 Å². The van der Waals surface area contributed by atoms with Gasteiger partial charge in [0.05, 0.1) is 15.5 Å². The molecule has 18 heavy (non-hydrogen) atoms. The molecule has 98 valence electrons. The molecule has 1 aliphatic heterocycles. The Kier molecular flexibility index (Phi) is 3.96. The lowest BCUT2D eigenvalue weighted by Crippen LogP contribution is -2.29. The molecule has 6 heteroatoms. The molecule has 0 radical (unpaired) electrons. The Morgan fingerprint density at radius 2 is 2.11 bits per heavy atom. The number of allylic oxidation sites excluding steroid dienone is 1. The predicted molar refractivity (Wildman–Crippen MR) is 73.6 cm³/mol. The van der Waals surface area contributed by atoms with Crippen LogP contribution in [0.1, 0.15) is 36.8 Å². The molecule has 1 aromatic heterocycles.